The van der Waals surface area contributed by atoms with Crippen LogP contribution in [0.25, 0.3) is 0 Å². The summed E-state index contributed by atoms with van der Waals surface area (Å²) in [6.45, 7) is 8.35. The van der Waals surface area contributed by atoms with E-state index in [9.17, 15) is 9.90 Å². The molecule has 1 heterocycles. The van der Waals surface area contributed by atoms with E-state index >= 15 is 0 Å². The van der Waals surface area contributed by atoms with E-state index in [-0.39, 0.29) is 11.5 Å². The summed E-state index contributed by atoms with van der Waals surface area (Å²) in [7, 11) is 0. The fraction of sp³-hybridized carbons (Fsp3) is 0.900. The van der Waals surface area contributed by atoms with Gasteiger partial charge in [-0.05, 0) is 18.4 Å². The smallest absolute Gasteiger partial charge is 0.137 e. The molecule has 82 valence electrons. The lowest BCUT2D eigenvalue weighted by Gasteiger charge is -2.40. The first-order chi connectivity index (χ1) is 6.43. The van der Waals surface area contributed by atoms with Crippen molar-refractivity contribution in [1.29, 1.82) is 0 Å². The molecule has 1 aliphatic rings. The summed E-state index contributed by atoms with van der Waals surface area (Å²) in [5.41, 5.74) is -0.0442. The van der Waals surface area contributed by atoms with Gasteiger partial charge in [0, 0.05) is 19.1 Å². The van der Waals surface area contributed by atoms with E-state index in [2.05, 4.69) is 26.1 Å². The number of rotatable bonds is 0. The molecule has 0 radical (unpaired) electrons. The van der Waals surface area contributed by atoms with Crippen molar-refractivity contribution in [3.8, 4) is 0 Å². The minimum atomic E-state index is -1.05. The molecule has 1 saturated heterocycles. The Morgan fingerprint density at radius 3 is 2.64 bits per heavy atom. The van der Waals surface area contributed by atoms with Gasteiger partial charge in [-0.1, -0.05) is 20.8 Å². The van der Waals surface area contributed by atoms with Crippen molar-refractivity contribution >= 4 is 6.09 Å². The highest BCUT2D eigenvalue weighted by atomic mass is 16.4. The first kappa shape index (κ1) is 11.3. The Bertz CT molecular complexity index is 211. The first-order valence-electron chi connectivity index (χ1n) is 5.11. The molecule has 0 aromatic rings. The van der Waals surface area contributed by atoms with Crippen LogP contribution >= 0.6 is 0 Å². The van der Waals surface area contributed by atoms with Gasteiger partial charge in [-0.15, -0.1) is 0 Å². The molecular weight excluding hydrogens is 180 g/mol. The zero-order valence-electron chi connectivity index (χ0n) is 9.17. The van der Waals surface area contributed by atoms with Crippen LogP contribution in [0.3, 0.4) is 0 Å². The van der Waals surface area contributed by atoms with Gasteiger partial charge in [0.2, 0.25) is 0 Å². The summed E-state index contributed by atoms with van der Waals surface area (Å²) in [5.74, 6) is 0. The Kier molecular flexibility index (Phi) is 3.37. The SMILES string of the molecule is CC(C)(C)C1CNCCCN1C(=O)[O-]. The van der Waals surface area contributed by atoms with E-state index < -0.39 is 6.09 Å². The van der Waals surface area contributed by atoms with E-state index in [4.69, 9.17) is 0 Å². The molecule has 1 aliphatic heterocycles. The molecule has 0 spiro atoms. The largest absolute Gasteiger partial charge is 0.530 e. The van der Waals surface area contributed by atoms with Crippen molar-refractivity contribution in [3.63, 3.8) is 0 Å². The maximum absolute atomic E-state index is 11.0. The quantitative estimate of drug-likeness (QED) is 0.599. The van der Waals surface area contributed by atoms with Gasteiger partial charge >= 0.3 is 0 Å². The lowest BCUT2D eigenvalue weighted by atomic mass is 9.86. The molecule has 4 heteroatoms. The highest BCUT2D eigenvalue weighted by Gasteiger charge is 2.31. The van der Waals surface area contributed by atoms with E-state index in [1.54, 1.807) is 0 Å². The maximum Gasteiger partial charge on any atom is 0.137 e. The second kappa shape index (κ2) is 4.17. The van der Waals surface area contributed by atoms with Crippen LogP contribution in [0.15, 0.2) is 0 Å². The Morgan fingerprint density at radius 2 is 2.14 bits per heavy atom. The Morgan fingerprint density at radius 1 is 1.50 bits per heavy atom. The first-order valence-corrected chi connectivity index (χ1v) is 5.11. The van der Waals surface area contributed by atoms with E-state index in [1.165, 1.54) is 4.90 Å². The van der Waals surface area contributed by atoms with Crippen LogP contribution in [-0.2, 0) is 0 Å². The van der Waals surface area contributed by atoms with Crippen LogP contribution in [0, 0.1) is 5.41 Å². The van der Waals surface area contributed by atoms with Crippen LogP contribution in [0.2, 0.25) is 0 Å². The van der Waals surface area contributed by atoms with Gasteiger partial charge in [0.05, 0.1) is 0 Å². The van der Waals surface area contributed by atoms with Crippen LogP contribution in [-0.4, -0.2) is 36.7 Å². The van der Waals surface area contributed by atoms with Gasteiger partial charge < -0.3 is 20.1 Å². The van der Waals surface area contributed by atoms with Gasteiger partial charge in [-0.25, -0.2) is 0 Å². The van der Waals surface area contributed by atoms with Crippen LogP contribution < -0.4 is 10.4 Å². The van der Waals surface area contributed by atoms with Crippen LogP contribution in [0.1, 0.15) is 27.2 Å². The third-order valence-corrected chi connectivity index (χ3v) is 2.70. The molecule has 1 amide bonds. The predicted octanol–water partition coefficient (Wildman–Crippen LogP) is 0.0397. The summed E-state index contributed by atoms with van der Waals surface area (Å²) >= 11 is 0. The molecule has 1 atom stereocenters. The minimum absolute atomic E-state index is 0.00926. The summed E-state index contributed by atoms with van der Waals surface area (Å²) in [6.07, 6.45) is -0.186. The maximum atomic E-state index is 11.0. The van der Waals surface area contributed by atoms with Gasteiger partial charge in [0.1, 0.15) is 6.09 Å². The molecule has 0 bridgehead atoms. The average Bonchev–Trinajstić information content (AvgIpc) is 2.26. The molecule has 1 rings (SSSR count). The van der Waals surface area contributed by atoms with E-state index in [1.807, 2.05) is 0 Å². The molecule has 4 nitrogen and oxygen atoms in total. The van der Waals surface area contributed by atoms with Crippen LogP contribution in [0.5, 0.6) is 0 Å². The molecule has 1 fully saturated rings. The Balaban J connectivity index is 2.79. The lowest BCUT2D eigenvalue weighted by Crippen LogP contribution is -2.54. The lowest BCUT2D eigenvalue weighted by molar-refractivity contribution is -0.269. The molecular formula is C10H19N2O2-. The van der Waals surface area contributed by atoms with Crippen molar-refractivity contribution in [3.05, 3.63) is 0 Å². The van der Waals surface area contributed by atoms with Crippen molar-refractivity contribution < 1.29 is 9.90 Å². The Labute approximate surface area is 85.3 Å². The van der Waals surface area contributed by atoms with Crippen molar-refractivity contribution in [2.45, 2.75) is 33.2 Å². The number of carbonyl (C=O) groups excluding carboxylic acids is 1. The molecule has 0 saturated carbocycles. The average molecular weight is 199 g/mol. The molecule has 0 aromatic heterocycles. The molecule has 14 heavy (non-hydrogen) atoms. The van der Waals surface area contributed by atoms with Crippen LogP contribution in [0.4, 0.5) is 4.79 Å². The topological polar surface area (TPSA) is 55.4 Å². The number of nitrogens with one attached hydrogen (secondary N) is 1. The van der Waals surface area contributed by atoms with Crippen molar-refractivity contribution in [2.24, 2.45) is 5.41 Å². The molecule has 0 aliphatic carbocycles. The standard InChI is InChI=1S/C10H20N2O2/c1-10(2,3)8-7-11-5-4-6-12(8)9(13)14/h8,11H,4-7H2,1-3H3,(H,13,14)/p-1. The second-order valence-electron chi connectivity index (χ2n) is 4.90. The van der Waals surface area contributed by atoms with Crippen molar-refractivity contribution in [2.75, 3.05) is 19.6 Å². The Hall–Kier alpha value is -0.770. The zero-order chi connectivity index (χ0) is 10.8. The number of hydrogen-bond donors (Lipinski definition) is 1. The highest BCUT2D eigenvalue weighted by molar-refractivity contribution is 5.63. The minimum Gasteiger partial charge on any atom is -0.530 e. The highest BCUT2D eigenvalue weighted by Crippen LogP contribution is 2.24. The number of carbonyl (C=O) groups is 1. The van der Waals surface area contributed by atoms with E-state index in [0.29, 0.717) is 6.54 Å². The monoisotopic (exact) mass is 199 g/mol. The third-order valence-electron chi connectivity index (χ3n) is 2.70. The molecule has 0 aromatic carbocycles. The van der Waals surface area contributed by atoms with Gasteiger partial charge in [-0.2, -0.15) is 0 Å². The fourth-order valence-corrected chi connectivity index (χ4v) is 1.87. The molecule has 1 N–H and O–H groups in total. The summed E-state index contributed by atoms with van der Waals surface area (Å²) < 4.78 is 0. The van der Waals surface area contributed by atoms with Gasteiger partial charge in [0.15, 0.2) is 0 Å². The fourth-order valence-electron chi connectivity index (χ4n) is 1.87. The van der Waals surface area contributed by atoms with E-state index in [0.717, 1.165) is 19.5 Å². The summed E-state index contributed by atoms with van der Waals surface area (Å²) in [4.78, 5) is 12.4. The van der Waals surface area contributed by atoms with Gasteiger partial charge in [-0.3, -0.25) is 0 Å². The number of carboxylic acid groups (broad SMARTS) is 1. The number of amides is 1. The second-order valence-corrected chi connectivity index (χ2v) is 4.90. The van der Waals surface area contributed by atoms with Crippen molar-refractivity contribution in [1.82, 2.24) is 10.2 Å². The zero-order valence-corrected chi connectivity index (χ0v) is 9.17. The summed E-state index contributed by atoms with van der Waals surface area (Å²) in [5, 5.41) is 14.2. The number of nitrogens with zero attached hydrogens (tertiary/aromatic N) is 1. The molecule has 1 unspecified atom stereocenters. The summed E-state index contributed by atoms with van der Waals surface area (Å²) in [6, 6.07) is 0.00926. The predicted molar refractivity (Wildman–Crippen MR) is 52.8 cm³/mol. The number of hydrogen-bond acceptors (Lipinski definition) is 3. The third kappa shape index (κ3) is 2.61. The van der Waals surface area contributed by atoms with Gasteiger partial charge in [0.25, 0.3) is 0 Å². The normalized spacial score (nSPS) is 24.5.